The summed E-state index contributed by atoms with van der Waals surface area (Å²) in [5.74, 6) is 0.682. The van der Waals surface area contributed by atoms with E-state index in [1.807, 2.05) is 24.4 Å². The Hall–Kier alpha value is -8.01. The number of aryl methyl sites for hydroxylation is 1. The second kappa shape index (κ2) is 15.3. The molecular weight excluding hydrogens is 739 g/mol. The van der Waals surface area contributed by atoms with E-state index in [1.54, 1.807) is 0 Å². The maximum atomic E-state index is 5.27. The molecule has 11 rings (SSSR count). The van der Waals surface area contributed by atoms with Crippen LogP contribution in [-0.2, 0) is 0 Å². The Morgan fingerprint density at radius 2 is 0.705 bits per heavy atom. The predicted octanol–water partition coefficient (Wildman–Crippen LogP) is 15.3. The third-order valence-electron chi connectivity index (χ3n) is 11.9. The van der Waals surface area contributed by atoms with E-state index < -0.39 is 0 Å². The van der Waals surface area contributed by atoms with Crippen LogP contribution in [0.2, 0.25) is 0 Å². The summed E-state index contributed by atoms with van der Waals surface area (Å²) in [7, 11) is 0. The molecule has 0 spiro atoms. The number of nitrogens with zero attached hydrogens (tertiary/aromatic N) is 3. The Bertz CT molecular complexity index is 3300. The Balaban J connectivity index is 1.07. The fourth-order valence-electron chi connectivity index (χ4n) is 8.75. The Labute approximate surface area is 355 Å². The van der Waals surface area contributed by atoms with Gasteiger partial charge in [0.15, 0.2) is 5.82 Å². The van der Waals surface area contributed by atoms with Crippen molar-refractivity contribution >= 4 is 32.3 Å². The molecule has 0 saturated carbocycles. The van der Waals surface area contributed by atoms with E-state index in [1.165, 1.54) is 43.4 Å². The van der Waals surface area contributed by atoms with Crippen molar-refractivity contribution in [2.75, 3.05) is 0 Å². The lowest BCUT2D eigenvalue weighted by Crippen LogP contribution is -1.97. The highest BCUT2D eigenvalue weighted by molar-refractivity contribution is 6.25. The monoisotopic (exact) mass is 777 g/mol. The molecule has 286 valence electrons. The van der Waals surface area contributed by atoms with Gasteiger partial charge in [-0.3, -0.25) is 4.98 Å². The third-order valence-corrected chi connectivity index (χ3v) is 11.9. The average molecular weight is 778 g/mol. The van der Waals surface area contributed by atoms with Crippen LogP contribution in [0.3, 0.4) is 0 Å². The van der Waals surface area contributed by atoms with E-state index in [0.717, 1.165) is 67.2 Å². The van der Waals surface area contributed by atoms with Gasteiger partial charge in [-0.2, -0.15) is 0 Å². The second-order valence-electron chi connectivity index (χ2n) is 15.6. The largest absolute Gasteiger partial charge is 0.261 e. The summed E-state index contributed by atoms with van der Waals surface area (Å²) < 4.78 is 0. The van der Waals surface area contributed by atoms with E-state index in [9.17, 15) is 0 Å². The Morgan fingerprint density at radius 1 is 0.279 bits per heavy atom. The molecule has 2 aromatic heterocycles. The number of rotatable bonds is 7. The molecule has 0 saturated heterocycles. The van der Waals surface area contributed by atoms with Crippen LogP contribution in [0, 0.1) is 6.92 Å². The summed E-state index contributed by atoms with van der Waals surface area (Å²) in [4.78, 5) is 15.0. The topological polar surface area (TPSA) is 38.7 Å². The summed E-state index contributed by atoms with van der Waals surface area (Å²) in [6.45, 7) is 2.06. The summed E-state index contributed by atoms with van der Waals surface area (Å²) in [5, 5.41) is 7.54. The Morgan fingerprint density at radius 3 is 1.25 bits per heavy atom. The molecule has 0 N–H and O–H groups in total. The molecule has 0 aliphatic carbocycles. The first kappa shape index (κ1) is 36.1. The van der Waals surface area contributed by atoms with Gasteiger partial charge in [-0.05, 0) is 115 Å². The van der Waals surface area contributed by atoms with Crippen LogP contribution in [0.25, 0.3) is 111 Å². The fraction of sp³-hybridized carbons (Fsp3) is 0.0172. The minimum absolute atomic E-state index is 0.682. The van der Waals surface area contributed by atoms with Crippen LogP contribution in [0.4, 0.5) is 0 Å². The van der Waals surface area contributed by atoms with E-state index in [4.69, 9.17) is 9.97 Å². The molecule has 0 unspecified atom stereocenters. The molecule has 3 heteroatoms. The minimum atomic E-state index is 0.682. The molecule has 2 heterocycles. The molecule has 0 amide bonds. The molecule has 0 fully saturated rings. The van der Waals surface area contributed by atoms with Crippen LogP contribution in [0.5, 0.6) is 0 Å². The van der Waals surface area contributed by atoms with Crippen molar-refractivity contribution in [3.8, 4) is 78.4 Å². The first-order valence-electron chi connectivity index (χ1n) is 20.7. The maximum Gasteiger partial charge on any atom is 0.160 e. The highest BCUT2D eigenvalue weighted by Crippen LogP contribution is 2.40. The molecule has 0 aliphatic rings. The quantitative estimate of drug-likeness (QED) is 0.151. The molecule has 0 atom stereocenters. The zero-order valence-corrected chi connectivity index (χ0v) is 33.6. The summed E-state index contributed by atoms with van der Waals surface area (Å²) in [5.41, 5.74) is 15.0. The standard InChI is InChI=1S/C58H39N3/c1-38-49(21-12-32-59-38)42-28-26-40(27-29-42)39-22-24-41(25-23-39)46-33-47(45-30-31-54-52-19-9-8-17-50(52)51-18-10-11-20-53(51)55(54)36-45)35-48(34-46)58-60-56(43-13-4-2-5-14-43)37-57(61-58)44-15-6-3-7-16-44/h2-37H,1H3. The number of hydrogen-bond acceptors (Lipinski definition) is 3. The van der Waals surface area contributed by atoms with Gasteiger partial charge in [0, 0.05) is 34.1 Å². The first-order valence-corrected chi connectivity index (χ1v) is 20.7. The lowest BCUT2D eigenvalue weighted by molar-refractivity contribution is 1.18. The van der Waals surface area contributed by atoms with E-state index in [0.29, 0.717) is 5.82 Å². The highest BCUT2D eigenvalue weighted by Gasteiger charge is 2.16. The van der Waals surface area contributed by atoms with Gasteiger partial charge in [-0.25, -0.2) is 9.97 Å². The van der Waals surface area contributed by atoms with Crippen molar-refractivity contribution in [2.24, 2.45) is 0 Å². The van der Waals surface area contributed by atoms with Crippen molar-refractivity contribution < 1.29 is 0 Å². The van der Waals surface area contributed by atoms with Gasteiger partial charge in [-0.15, -0.1) is 0 Å². The molecule has 9 aromatic carbocycles. The molecule has 0 bridgehead atoms. The van der Waals surface area contributed by atoms with Gasteiger partial charge in [0.1, 0.15) is 0 Å². The van der Waals surface area contributed by atoms with Crippen LogP contribution >= 0.6 is 0 Å². The van der Waals surface area contributed by atoms with Crippen molar-refractivity contribution in [2.45, 2.75) is 6.92 Å². The summed E-state index contributed by atoms with van der Waals surface area (Å²) in [6.07, 6.45) is 1.84. The minimum Gasteiger partial charge on any atom is -0.261 e. The number of hydrogen-bond donors (Lipinski definition) is 0. The predicted molar refractivity (Wildman–Crippen MR) is 255 cm³/mol. The van der Waals surface area contributed by atoms with Crippen LogP contribution in [0.15, 0.2) is 219 Å². The first-order chi connectivity index (χ1) is 30.1. The van der Waals surface area contributed by atoms with Crippen molar-refractivity contribution in [1.82, 2.24) is 15.0 Å². The van der Waals surface area contributed by atoms with Gasteiger partial charge in [0.2, 0.25) is 0 Å². The number of aromatic nitrogens is 3. The molecule has 11 aromatic rings. The number of fused-ring (bicyclic) bond motifs is 6. The van der Waals surface area contributed by atoms with Crippen LogP contribution in [0.1, 0.15) is 5.69 Å². The van der Waals surface area contributed by atoms with E-state index >= 15 is 0 Å². The maximum absolute atomic E-state index is 5.27. The van der Waals surface area contributed by atoms with Crippen molar-refractivity contribution in [1.29, 1.82) is 0 Å². The van der Waals surface area contributed by atoms with Gasteiger partial charge < -0.3 is 0 Å². The second-order valence-corrected chi connectivity index (χ2v) is 15.6. The van der Waals surface area contributed by atoms with E-state index in [2.05, 4.69) is 206 Å². The smallest absolute Gasteiger partial charge is 0.160 e. The summed E-state index contributed by atoms with van der Waals surface area (Å²) in [6, 6.07) is 75.9. The van der Waals surface area contributed by atoms with Crippen molar-refractivity contribution in [3.05, 3.63) is 224 Å². The molecule has 61 heavy (non-hydrogen) atoms. The summed E-state index contributed by atoms with van der Waals surface area (Å²) >= 11 is 0. The Kier molecular flexibility index (Phi) is 9.05. The molecule has 0 radical (unpaired) electrons. The molecule has 3 nitrogen and oxygen atoms in total. The molecular formula is C58H39N3. The number of pyridine rings is 1. The zero-order valence-electron chi connectivity index (χ0n) is 33.6. The van der Waals surface area contributed by atoms with Gasteiger partial charge in [-0.1, -0.05) is 176 Å². The lowest BCUT2D eigenvalue weighted by atomic mass is 9.90. The third kappa shape index (κ3) is 6.82. The average Bonchev–Trinajstić information content (AvgIpc) is 3.34. The van der Waals surface area contributed by atoms with Gasteiger partial charge in [0.25, 0.3) is 0 Å². The van der Waals surface area contributed by atoms with Gasteiger partial charge in [0.05, 0.1) is 11.4 Å². The highest BCUT2D eigenvalue weighted by atomic mass is 14.9. The number of benzene rings is 9. The molecule has 0 aliphatic heterocycles. The lowest BCUT2D eigenvalue weighted by Gasteiger charge is -2.15. The van der Waals surface area contributed by atoms with E-state index in [-0.39, 0.29) is 0 Å². The SMILES string of the molecule is Cc1ncccc1-c1ccc(-c2ccc(-c3cc(-c4ccc5c6ccccc6c6ccccc6c5c4)cc(-c4nc(-c5ccccc5)cc(-c5ccccc5)n4)c3)cc2)cc1. The fourth-order valence-corrected chi connectivity index (χ4v) is 8.75. The van der Waals surface area contributed by atoms with Crippen molar-refractivity contribution in [3.63, 3.8) is 0 Å². The van der Waals surface area contributed by atoms with Crippen LogP contribution in [-0.4, -0.2) is 15.0 Å². The van der Waals surface area contributed by atoms with Gasteiger partial charge >= 0.3 is 0 Å². The normalized spacial score (nSPS) is 11.4. The van der Waals surface area contributed by atoms with Crippen LogP contribution < -0.4 is 0 Å². The zero-order chi connectivity index (χ0) is 40.7.